The van der Waals surface area contributed by atoms with Crippen LogP contribution in [0.25, 0.3) is 0 Å². The highest BCUT2D eigenvalue weighted by atomic mass is 19.1. The molecule has 27 heavy (non-hydrogen) atoms. The van der Waals surface area contributed by atoms with Crippen molar-refractivity contribution < 1.29 is 13.9 Å². The number of piperazine rings is 1. The van der Waals surface area contributed by atoms with Gasteiger partial charge >= 0.3 is 0 Å². The highest BCUT2D eigenvalue weighted by Crippen LogP contribution is 2.25. The third kappa shape index (κ3) is 5.25. The third-order valence-corrected chi connectivity index (χ3v) is 6.17. The Labute approximate surface area is 161 Å². The number of piperidine rings is 1. The van der Waals surface area contributed by atoms with Crippen LogP contribution in [-0.4, -0.2) is 77.3 Å². The lowest BCUT2D eigenvalue weighted by Gasteiger charge is -2.48. The summed E-state index contributed by atoms with van der Waals surface area (Å²) in [4.78, 5) is 7.28. The van der Waals surface area contributed by atoms with Gasteiger partial charge in [-0.15, -0.1) is 0 Å². The Hall–Kier alpha value is -1.08. The Balaban J connectivity index is 1.61. The van der Waals surface area contributed by atoms with Gasteiger partial charge in [0.25, 0.3) is 0 Å². The zero-order valence-electron chi connectivity index (χ0n) is 16.6. The quantitative estimate of drug-likeness (QED) is 0.821. The maximum Gasteiger partial charge on any atom is 0.127 e. The van der Waals surface area contributed by atoms with Crippen LogP contribution >= 0.6 is 0 Å². The van der Waals surface area contributed by atoms with Crippen molar-refractivity contribution in [2.24, 2.45) is 0 Å². The van der Waals surface area contributed by atoms with Crippen LogP contribution in [0, 0.1) is 11.6 Å². The van der Waals surface area contributed by atoms with E-state index in [9.17, 15) is 13.9 Å². The van der Waals surface area contributed by atoms with Gasteiger partial charge in [-0.3, -0.25) is 9.80 Å². The maximum absolute atomic E-state index is 14.0. The van der Waals surface area contributed by atoms with E-state index in [-0.39, 0.29) is 18.5 Å². The van der Waals surface area contributed by atoms with Crippen LogP contribution in [0.2, 0.25) is 0 Å². The molecular weight excluding hydrogens is 348 g/mol. The van der Waals surface area contributed by atoms with Crippen molar-refractivity contribution in [2.75, 3.05) is 39.3 Å². The largest absolute Gasteiger partial charge is 0.396 e. The number of halogens is 2. The van der Waals surface area contributed by atoms with Crippen molar-refractivity contribution in [1.82, 2.24) is 14.7 Å². The first-order chi connectivity index (χ1) is 13.0. The summed E-state index contributed by atoms with van der Waals surface area (Å²) in [5.74, 6) is -0.743. The van der Waals surface area contributed by atoms with Gasteiger partial charge in [-0.1, -0.05) is 0 Å². The average molecular weight is 382 g/mol. The fourth-order valence-electron chi connectivity index (χ4n) is 4.60. The summed E-state index contributed by atoms with van der Waals surface area (Å²) in [7, 11) is 0. The van der Waals surface area contributed by atoms with Crippen molar-refractivity contribution in [3.05, 3.63) is 35.4 Å². The Bertz CT molecular complexity index is 605. The molecule has 152 valence electrons. The van der Waals surface area contributed by atoms with Gasteiger partial charge in [0.2, 0.25) is 0 Å². The van der Waals surface area contributed by atoms with Crippen LogP contribution in [0.15, 0.2) is 18.2 Å². The molecule has 1 N–H and O–H groups in total. The lowest BCUT2D eigenvalue weighted by molar-refractivity contribution is -0.000304. The fraction of sp³-hybridized carbons (Fsp3) is 0.714. The van der Waals surface area contributed by atoms with E-state index in [0.717, 1.165) is 45.2 Å². The number of benzene rings is 1. The zero-order chi connectivity index (χ0) is 19.4. The van der Waals surface area contributed by atoms with Gasteiger partial charge in [0, 0.05) is 56.5 Å². The van der Waals surface area contributed by atoms with Gasteiger partial charge in [-0.2, -0.15) is 0 Å². The number of hydrogen-bond donors (Lipinski definition) is 1. The molecule has 1 aromatic rings. The molecule has 4 nitrogen and oxygen atoms in total. The van der Waals surface area contributed by atoms with Crippen LogP contribution in [-0.2, 0) is 6.54 Å². The first-order valence-electron chi connectivity index (χ1n) is 10.2. The highest BCUT2D eigenvalue weighted by Gasteiger charge is 2.34. The molecule has 0 spiro atoms. The average Bonchev–Trinajstić information content (AvgIpc) is 2.65. The van der Waals surface area contributed by atoms with Gasteiger partial charge in [0.15, 0.2) is 0 Å². The van der Waals surface area contributed by atoms with E-state index in [1.807, 2.05) is 0 Å². The maximum atomic E-state index is 14.0. The molecule has 1 atom stereocenters. The molecule has 0 unspecified atom stereocenters. The molecule has 2 heterocycles. The normalized spacial score (nSPS) is 24.0. The molecule has 2 fully saturated rings. The minimum Gasteiger partial charge on any atom is -0.396 e. The lowest BCUT2D eigenvalue weighted by atomic mass is 9.97. The molecule has 6 heteroatoms. The van der Waals surface area contributed by atoms with Crippen LogP contribution in [0.5, 0.6) is 0 Å². The number of nitrogens with zero attached hydrogens (tertiary/aromatic N) is 3. The molecule has 3 rings (SSSR count). The molecule has 2 aliphatic rings. The second-order valence-corrected chi connectivity index (χ2v) is 8.24. The number of likely N-dealkylation sites (tertiary alicyclic amines) is 1. The number of aliphatic hydroxyl groups excluding tert-OH is 1. The topological polar surface area (TPSA) is 30.0 Å². The van der Waals surface area contributed by atoms with Crippen LogP contribution in [0.3, 0.4) is 0 Å². The van der Waals surface area contributed by atoms with Crippen molar-refractivity contribution >= 4 is 0 Å². The second kappa shape index (κ2) is 9.41. The lowest BCUT2D eigenvalue weighted by Crippen LogP contribution is -2.58. The van der Waals surface area contributed by atoms with E-state index in [1.54, 1.807) is 0 Å². The first-order valence-corrected chi connectivity index (χ1v) is 10.2. The Morgan fingerprint density at radius 1 is 1.11 bits per heavy atom. The molecular formula is C21H33F2N3O. The van der Waals surface area contributed by atoms with Gasteiger partial charge < -0.3 is 10.0 Å². The van der Waals surface area contributed by atoms with Gasteiger partial charge in [-0.05, 0) is 64.4 Å². The van der Waals surface area contributed by atoms with E-state index in [1.165, 1.54) is 25.0 Å². The van der Waals surface area contributed by atoms with E-state index in [0.29, 0.717) is 24.2 Å². The van der Waals surface area contributed by atoms with Crippen molar-refractivity contribution in [3.63, 3.8) is 0 Å². The van der Waals surface area contributed by atoms with Crippen molar-refractivity contribution in [2.45, 2.75) is 57.8 Å². The summed E-state index contributed by atoms with van der Waals surface area (Å²) in [6.45, 7) is 9.90. The summed E-state index contributed by atoms with van der Waals surface area (Å²) in [5.41, 5.74) is 0.413. The molecule has 2 saturated heterocycles. The molecule has 0 bridgehead atoms. The van der Waals surface area contributed by atoms with Crippen LogP contribution in [0.1, 0.15) is 38.7 Å². The minimum atomic E-state index is -0.395. The minimum absolute atomic E-state index is 0.161. The smallest absolute Gasteiger partial charge is 0.127 e. The number of hydrogen-bond acceptors (Lipinski definition) is 4. The summed E-state index contributed by atoms with van der Waals surface area (Å²) in [5, 5.41) is 9.54. The predicted octanol–water partition coefficient (Wildman–Crippen LogP) is 2.71. The molecule has 0 aliphatic carbocycles. The summed E-state index contributed by atoms with van der Waals surface area (Å²) in [6, 6.07) is 5.09. The van der Waals surface area contributed by atoms with E-state index < -0.39 is 5.82 Å². The monoisotopic (exact) mass is 381 g/mol. The Morgan fingerprint density at radius 3 is 2.52 bits per heavy atom. The van der Waals surface area contributed by atoms with E-state index in [4.69, 9.17) is 0 Å². The standard InChI is InChI=1S/C21H33F2N3O/c1-16(2)25-8-5-19(6-9-25)26-11-10-24(15-20(26)7-12-27)14-17-13-18(22)3-4-21(17)23/h3-4,13,16,19-20,27H,5-12,14-15H2,1-2H3/t20-/m0/s1. The number of rotatable bonds is 6. The first kappa shape index (κ1) is 20.6. The third-order valence-electron chi connectivity index (χ3n) is 6.17. The van der Waals surface area contributed by atoms with Crippen LogP contribution < -0.4 is 0 Å². The zero-order valence-corrected chi connectivity index (χ0v) is 16.6. The van der Waals surface area contributed by atoms with E-state index in [2.05, 4.69) is 28.5 Å². The molecule has 0 aromatic heterocycles. The fourth-order valence-corrected chi connectivity index (χ4v) is 4.60. The van der Waals surface area contributed by atoms with Gasteiger partial charge in [0.1, 0.15) is 11.6 Å². The van der Waals surface area contributed by atoms with Crippen molar-refractivity contribution in [3.8, 4) is 0 Å². The molecule has 0 radical (unpaired) electrons. The Morgan fingerprint density at radius 2 is 1.85 bits per heavy atom. The highest BCUT2D eigenvalue weighted by molar-refractivity contribution is 5.18. The summed E-state index contributed by atoms with van der Waals surface area (Å²) < 4.78 is 27.5. The van der Waals surface area contributed by atoms with Gasteiger partial charge in [-0.25, -0.2) is 8.78 Å². The Kier molecular flexibility index (Phi) is 7.20. The second-order valence-electron chi connectivity index (χ2n) is 8.24. The van der Waals surface area contributed by atoms with E-state index >= 15 is 0 Å². The molecule has 0 saturated carbocycles. The van der Waals surface area contributed by atoms with Gasteiger partial charge in [0.05, 0.1) is 0 Å². The van der Waals surface area contributed by atoms with Crippen molar-refractivity contribution in [1.29, 1.82) is 0 Å². The number of aliphatic hydroxyl groups is 1. The molecule has 1 aromatic carbocycles. The predicted molar refractivity (Wildman–Crippen MR) is 104 cm³/mol. The molecule has 0 amide bonds. The SMILES string of the molecule is CC(C)N1CCC(N2CCN(Cc3cc(F)ccc3F)C[C@@H]2CCO)CC1. The summed E-state index contributed by atoms with van der Waals surface area (Å²) in [6.07, 6.45) is 3.06. The molecule has 2 aliphatic heterocycles. The summed E-state index contributed by atoms with van der Waals surface area (Å²) >= 11 is 0. The van der Waals surface area contributed by atoms with Crippen LogP contribution in [0.4, 0.5) is 8.78 Å².